The van der Waals surface area contributed by atoms with Gasteiger partial charge in [-0.15, -0.1) is 0 Å². The van der Waals surface area contributed by atoms with Gasteiger partial charge in [-0.1, -0.05) is 18.2 Å². The van der Waals surface area contributed by atoms with E-state index in [2.05, 4.69) is 26.1 Å². The number of hydrazone groups is 1. The van der Waals surface area contributed by atoms with Gasteiger partial charge in [0, 0.05) is 41.0 Å². The molecule has 3 aromatic rings. The summed E-state index contributed by atoms with van der Waals surface area (Å²) < 4.78 is 0. The molecule has 0 atom stereocenters. The van der Waals surface area contributed by atoms with Crippen LogP contribution in [0.3, 0.4) is 0 Å². The van der Waals surface area contributed by atoms with E-state index in [0.29, 0.717) is 11.4 Å². The van der Waals surface area contributed by atoms with Crippen molar-refractivity contribution in [3.05, 3.63) is 60.3 Å². The number of hydrogen-bond donors (Lipinski definition) is 4. The largest absolute Gasteiger partial charge is 0.361 e. The lowest BCUT2D eigenvalue weighted by molar-refractivity contribution is -0.136. The summed E-state index contributed by atoms with van der Waals surface area (Å²) in [6, 6.07) is 14.0. The third-order valence-corrected chi connectivity index (χ3v) is 3.66. The lowest BCUT2D eigenvalue weighted by Crippen LogP contribution is -2.32. The molecule has 0 spiro atoms. The Morgan fingerprint density at radius 2 is 1.59 bits per heavy atom. The minimum atomic E-state index is -0.892. The number of benzene rings is 2. The summed E-state index contributed by atoms with van der Waals surface area (Å²) in [6.45, 7) is 1.40. The quantitative estimate of drug-likeness (QED) is 0.323. The maximum absolute atomic E-state index is 11.9. The molecule has 3 amide bonds. The Balaban J connectivity index is 1.56. The number of hydrogen-bond acceptors (Lipinski definition) is 4. The number of carbonyl (C=O) groups excluding carboxylic acids is 3. The first kappa shape index (κ1) is 17.9. The van der Waals surface area contributed by atoms with Gasteiger partial charge in [0.1, 0.15) is 0 Å². The molecule has 3 rings (SSSR count). The molecule has 0 saturated carbocycles. The minimum Gasteiger partial charge on any atom is -0.361 e. The highest BCUT2D eigenvalue weighted by Gasteiger charge is 2.13. The van der Waals surface area contributed by atoms with E-state index >= 15 is 0 Å². The monoisotopic (exact) mass is 363 g/mol. The lowest BCUT2D eigenvalue weighted by atomic mass is 10.2. The van der Waals surface area contributed by atoms with Gasteiger partial charge in [-0.2, -0.15) is 5.10 Å². The van der Waals surface area contributed by atoms with Crippen LogP contribution in [0.25, 0.3) is 10.9 Å². The second-order valence-electron chi connectivity index (χ2n) is 5.70. The fourth-order valence-electron chi connectivity index (χ4n) is 2.44. The smallest absolute Gasteiger partial charge is 0.329 e. The predicted octanol–water partition coefficient (Wildman–Crippen LogP) is 2.22. The molecule has 0 saturated heterocycles. The maximum atomic E-state index is 11.9. The van der Waals surface area contributed by atoms with E-state index in [0.717, 1.165) is 16.5 Å². The number of aromatic amines is 1. The second kappa shape index (κ2) is 7.96. The Labute approximate surface area is 154 Å². The molecule has 0 aliphatic rings. The molecule has 1 heterocycles. The maximum Gasteiger partial charge on any atom is 0.329 e. The van der Waals surface area contributed by atoms with Crippen LogP contribution in [0.15, 0.2) is 59.8 Å². The van der Waals surface area contributed by atoms with Gasteiger partial charge < -0.3 is 15.6 Å². The molecule has 4 N–H and O–H groups in total. The number of anilines is 2. The Kier molecular flexibility index (Phi) is 5.27. The predicted molar refractivity (Wildman–Crippen MR) is 103 cm³/mol. The van der Waals surface area contributed by atoms with Crippen LogP contribution < -0.4 is 16.1 Å². The molecule has 27 heavy (non-hydrogen) atoms. The zero-order valence-electron chi connectivity index (χ0n) is 14.4. The van der Waals surface area contributed by atoms with E-state index < -0.39 is 11.8 Å². The number of nitrogens with one attached hydrogen (secondary N) is 4. The van der Waals surface area contributed by atoms with Crippen molar-refractivity contribution in [2.45, 2.75) is 6.92 Å². The molecule has 1 aromatic heterocycles. The average Bonchev–Trinajstić information content (AvgIpc) is 3.06. The summed E-state index contributed by atoms with van der Waals surface area (Å²) in [4.78, 5) is 37.8. The SMILES string of the molecule is CC(=O)Nc1ccc(NC(=O)C(=O)NN=Cc2c[nH]c3ccccc23)cc1. The summed E-state index contributed by atoms with van der Waals surface area (Å²) in [5, 5.41) is 9.84. The molecule has 8 heteroatoms. The van der Waals surface area contributed by atoms with Crippen molar-refractivity contribution in [3.8, 4) is 0 Å². The highest BCUT2D eigenvalue weighted by atomic mass is 16.2. The number of rotatable bonds is 4. The molecule has 8 nitrogen and oxygen atoms in total. The molecule has 0 aliphatic heterocycles. The molecule has 0 radical (unpaired) electrons. The standard InChI is InChI=1S/C19H17N5O3/c1-12(25)22-14-6-8-15(9-7-14)23-18(26)19(27)24-21-11-13-10-20-17-5-3-2-4-16(13)17/h2-11,20H,1H3,(H,22,25)(H,23,26)(H,24,27). The van der Waals surface area contributed by atoms with Crippen molar-refractivity contribution in [1.29, 1.82) is 0 Å². The second-order valence-corrected chi connectivity index (χ2v) is 5.70. The molecular formula is C19H17N5O3. The lowest BCUT2D eigenvalue weighted by Gasteiger charge is -2.06. The molecule has 136 valence electrons. The van der Waals surface area contributed by atoms with Crippen LogP contribution in [0.2, 0.25) is 0 Å². The van der Waals surface area contributed by atoms with Gasteiger partial charge in [-0.05, 0) is 30.3 Å². The number of amides is 3. The first-order valence-corrected chi connectivity index (χ1v) is 8.11. The van der Waals surface area contributed by atoms with Crippen LogP contribution in [0.5, 0.6) is 0 Å². The van der Waals surface area contributed by atoms with Crippen LogP contribution in [0.1, 0.15) is 12.5 Å². The molecular weight excluding hydrogens is 346 g/mol. The van der Waals surface area contributed by atoms with Gasteiger partial charge >= 0.3 is 11.8 Å². The Morgan fingerprint density at radius 3 is 2.30 bits per heavy atom. The molecule has 0 fully saturated rings. The molecule has 2 aromatic carbocycles. The highest BCUT2D eigenvalue weighted by Crippen LogP contribution is 2.15. The Morgan fingerprint density at radius 1 is 0.926 bits per heavy atom. The van der Waals surface area contributed by atoms with E-state index in [9.17, 15) is 14.4 Å². The zero-order chi connectivity index (χ0) is 19.2. The van der Waals surface area contributed by atoms with Gasteiger partial charge in [-0.25, -0.2) is 5.43 Å². The number of H-pyrrole nitrogens is 1. The molecule has 0 aliphatic carbocycles. The van der Waals surface area contributed by atoms with Crippen LogP contribution in [0.4, 0.5) is 11.4 Å². The third kappa shape index (κ3) is 4.57. The van der Waals surface area contributed by atoms with E-state index in [4.69, 9.17) is 0 Å². The van der Waals surface area contributed by atoms with Crippen molar-refractivity contribution in [1.82, 2.24) is 10.4 Å². The number of carbonyl (C=O) groups is 3. The normalized spacial score (nSPS) is 10.7. The van der Waals surface area contributed by atoms with E-state index in [1.165, 1.54) is 13.1 Å². The number of nitrogens with zero attached hydrogens (tertiary/aromatic N) is 1. The number of para-hydroxylation sites is 1. The van der Waals surface area contributed by atoms with Gasteiger partial charge in [0.25, 0.3) is 0 Å². The van der Waals surface area contributed by atoms with Gasteiger partial charge in [0.2, 0.25) is 5.91 Å². The first-order valence-electron chi connectivity index (χ1n) is 8.11. The van der Waals surface area contributed by atoms with Crippen LogP contribution in [0, 0.1) is 0 Å². The fraction of sp³-hybridized carbons (Fsp3) is 0.0526. The van der Waals surface area contributed by atoms with Crippen molar-refractivity contribution in [2.75, 3.05) is 10.6 Å². The van der Waals surface area contributed by atoms with Crippen LogP contribution >= 0.6 is 0 Å². The third-order valence-electron chi connectivity index (χ3n) is 3.66. The van der Waals surface area contributed by atoms with Crippen molar-refractivity contribution in [3.63, 3.8) is 0 Å². The van der Waals surface area contributed by atoms with Gasteiger partial charge in [-0.3, -0.25) is 14.4 Å². The van der Waals surface area contributed by atoms with Crippen molar-refractivity contribution < 1.29 is 14.4 Å². The van der Waals surface area contributed by atoms with E-state index in [-0.39, 0.29) is 5.91 Å². The zero-order valence-corrected chi connectivity index (χ0v) is 14.4. The summed E-state index contributed by atoms with van der Waals surface area (Å²) >= 11 is 0. The van der Waals surface area contributed by atoms with E-state index in [1.54, 1.807) is 30.5 Å². The molecule has 0 bridgehead atoms. The van der Waals surface area contributed by atoms with Gasteiger partial charge in [0.05, 0.1) is 6.21 Å². The summed E-state index contributed by atoms with van der Waals surface area (Å²) in [5.74, 6) is -1.94. The summed E-state index contributed by atoms with van der Waals surface area (Å²) in [7, 11) is 0. The van der Waals surface area contributed by atoms with E-state index in [1.807, 2.05) is 24.3 Å². The first-order chi connectivity index (χ1) is 13.0. The van der Waals surface area contributed by atoms with Crippen molar-refractivity contribution >= 4 is 46.2 Å². The van der Waals surface area contributed by atoms with Crippen molar-refractivity contribution in [2.24, 2.45) is 5.10 Å². The summed E-state index contributed by atoms with van der Waals surface area (Å²) in [6.07, 6.45) is 3.23. The van der Waals surface area contributed by atoms with Crippen LogP contribution in [-0.4, -0.2) is 28.9 Å². The highest BCUT2D eigenvalue weighted by molar-refractivity contribution is 6.39. The van der Waals surface area contributed by atoms with Crippen LogP contribution in [-0.2, 0) is 14.4 Å². The Hall–Kier alpha value is -3.94. The average molecular weight is 363 g/mol. The Bertz CT molecular complexity index is 1020. The minimum absolute atomic E-state index is 0.195. The van der Waals surface area contributed by atoms with Gasteiger partial charge in [0.15, 0.2) is 0 Å². The molecule has 0 unspecified atom stereocenters. The fourth-order valence-corrected chi connectivity index (χ4v) is 2.44. The number of fused-ring (bicyclic) bond motifs is 1. The topological polar surface area (TPSA) is 115 Å². The summed E-state index contributed by atoms with van der Waals surface area (Å²) in [5.41, 5.74) is 4.94. The number of aromatic nitrogens is 1.